The van der Waals surface area contributed by atoms with E-state index in [1.165, 1.54) is 18.4 Å². The van der Waals surface area contributed by atoms with Crippen molar-refractivity contribution in [3.05, 3.63) is 35.4 Å². The van der Waals surface area contributed by atoms with Gasteiger partial charge in [-0.1, -0.05) is 37.6 Å². The Balaban J connectivity index is 1.85. The van der Waals surface area contributed by atoms with Crippen LogP contribution in [0.5, 0.6) is 0 Å². The zero-order chi connectivity index (χ0) is 17.6. The van der Waals surface area contributed by atoms with E-state index >= 15 is 0 Å². The van der Waals surface area contributed by atoms with Gasteiger partial charge in [-0.3, -0.25) is 14.9 Å². The van der Waals surface area contributed by atoms with Gasteiger partial charge in [-0.2, -0.15) is 0 Å². The van der Waals surface area contributed by atoms with Gasteiger partial charge in [-0.15, -0.1) is 0 Å². The second kappa shape index (κ2) is 8.29. The highest BCUT2D eigenvalue weighted by Crippen LogP contribution is 2.21. The molecular weight excluding hydrogens is 304 g/mol. The Morgan fingerprint density at radius 2 is 1.92 bits per heavy atom. The van der Waals surface area contributed by atoms with Gasteiger partial charge in [0.25, 0.3) is 0 Å². The minimum Gasteiger partial charge on any atom is -0.480 e. The maximum atomic E-state index is 12.5. The van der Waals surface area contributed by atoms with Crippen molar-refractivity contribution < 1.29 is 14.7 Å². The molecule has 1 aliphatic rings. The Hall–Kier alpha value is -1.88. The highest BCUT2D eigenvalue weighted by molar-refractivity contribution is 5.79. The summed E-state index contributed by atoms with van der Waals surface area (Å²) in [6, 6.07) is 8.31. The van der Waals surface area contributed by atoms with Crippen LogP contribution in [0.4, 0.5) is 0 Å². The molecule has 0 saturated carbocycles. The Morgan fingerprint density at radius 3 is 2.54 bits per heavy atom. The fraction of sp³-hybridized carbons (Fsp3) is 0.579. The third kappa shape index (κ3) is 5.34. The summed E-state index contributed by atoms with van der Waals surface area (Å²) in [5, 5.41) is 11.8. The fourth-order valence-electron chi connectivity index (χ4n) is 3.10. The molecule has 0 bridgehead atoms. The molecule has 2 N–H and O–H groups in total. The van der Waals surface area contributed by atoms with Crippen LogP contribution in [0.25, 0.3) is 0 Å². The first-order valence-electron chi connectivity index (χ1n) is 8.74. The average Bonchev–Trinajstić information content (AvgIpc) is 2.95. The monoisotopic (exact) mass is 332 g/mol. The quantitative estimate of drug-likeness (QED) is 0.766. The number of unbranched alkanes of at least 4 members (excludes halogenated alkanes) is 1. The molecular formula is C19H28N2O3. The first-order valence-corrected chi connectivity index (χ1v) is 8.74. The molecule has 2 rings (SSSR count). The number of rotatable bonds is 8. The van der Waals surface area contributed by atoms with E-state index in [0.717, 1.165) is 18.4 Å². The number of hydrogen-bond acceptors (Lipinski definition) is 3. The van der Waals surface area contributed by atoms with E-state index in [1.54, 1.807) is 0 Å². The lowest BCUT2D eigenvalue weighted by Gasteiger charge is -2.25. The topological polar surface area (TPSA) is 69.6 Å². The van der Waals surface area contributed by atoms with E-state index < -0.39 is 5.97 Å². The zero-order valence-corrected chi connectivity index (χ0v) is 14.7. The van der Waals surface area contributed by atoms with Crippen LogP contribution >= 0.6 is 0 Å². The molecule has 1 aliphatic heterocycles. The molecule has 1 saturated heterocycles. The first kappa shape index (κ1) is 18.5. The second-order valence-electron chi connectivity index (χ2n) is 6.97. The molecule has 1 aromatic rings. The SMILES string of the molecule is CCCCc1ccc(CC(=O)N2CC[C@](C)(NCC(=O)O)C2)cc1. The summed E-state index contributed by atoms with van der Waals surface area (Å²) in [6.45, 7) is 5.33. The molecule has 0 unspecified atom stereocenters. The predicted octanol–water partition coefficient (Wildman–Crippen LogP) is 2.24. The number of nitrogens with zero attached hydrogens (tertiary/aromatic N) is 1. The van der Waals surface area contributed by atoms with Crippen LogP contribution in [-0.4, -0.2) is 47.1 Å². The third-order valence-corrected chi connectivity index (χ3v) is 4.69. The maximum absolute atomic E-state index is 12.5. The number of carboxylic acids is 1. The Morgan fingerprint density at radius 1 is 1.25 bits per heavy atom. The Bertz CT molecular complexity index is 570. The molecule has 1 amide bonds. The molecule has 5 heteroatoms. The van der Waals surface area contributed by atoms with E-state index in [-0.39, 0.29) is 18.0 Å². The summed E-state index contributed by atoms with van der Waals surface area (Å²) >= 11 is 0. The van der Waals surface area contributed by atoms with E-state index in [1.807, 2.05) is 24.0 Å². The molecule has 0 aliphatic carbocycles. The van der Waals surface area contributed by atoms with Crippen LogP contribution in [-0.2, 0) is 22.4 Å². The van der Waals surface area contributed by atoms with Crippen LogP contribution in [0.15, 0.2) is 24.3 Å². The number of nitrogens with one attached hydrogen (secondary N) is 1. The molecule has 0 aromatic heterocycles. The van der Waals surface area contributed by atoms with Gasteiger partial charge in [0.05, 0.1) is 13.0 Å². The number of carbonyl (C=O) groups excluding carboxylic acids is 1. The lowest BCUT2D eigenvalue weighted by atomic mass is 10.0. The van der Waals surface area contributed by atoms with Crippen molar-refractivity contribution in [2.75, 3.05) is 19.6 Å². The van der Waals surface area contributed by atoms with E-state index in [9.17, 15) is 9.59 Å². The number of carboxylic acid groups (broad SMARTS) is 1. The Labute approximate surface area is 144 Å². The van der Waals surface area contributed by atoms with Gasteiger partial charge in [-0.25, -0.2) is 0 Å². The molecule has 132 valence electrons. The molecule has 1 aromatic carbocycles. The van der Waals surface area contributed by atoms with Crippen molar-refractivity contribution in [1.82, 2.24) is 10.2 Å². The summed E-state index contributed by atoms with van der Waals surface area (Å²) in [5.41, 5.74) is 2.05. The van der Waals surface area contributed by atoms with E-state index in [2.05, 4.69) is 24.4 Å². The highest BCUT2D eigenvalue weighted by Gasteiger charge is 2.35. The summed E-state index contributed by atoms with van der Waals surface area (Å²) < 4.78 is 0. The molecule has 1 heterocycles. The van der Waals surface area contributed by atoms with Crippen molar-refractivity contribution in [3.63, 3.8) is 0 Å². The molecule has 1 atom stereocenters. The van der Waals surface area contributed by atoms with Crippen LogP contribution in [0.3, 0.4) is 0 Å². The van der Waals surface area contributed by atoms with Gasteiger partial charge in [0.15, 0.2) is 0 Å². The van der Waals surface area contributed by atoms with Crippen LogP contribution in [0.1, 0.15) is 44.2 Å². The fourth-order valence-corrected chi connectivity index (χ4v) is 3.10. The lowest BCUT2D eigenvalue weighted by molar-refractivity contribution is -0.136. The smallest absolute Gasteiger partial charge is 0.317 e. The summed E-state index contributed by atoms with van der Waals surface area (Å²) in [4.78, 5) is 25.0. The number of aryl methyl sites for hydroxylation is 1. The van der Waals surface area contributed by atoms with Crippen molar-refractivity contribution in [2.45, 2.75) is 51.5 Å². The highest BCUT2D eigenvalue weighted by atomic mass is 16.4. The van der Waals surface area contributed by atoms with Gasteiger partial charge in [0, 0.05) is 18.6 Å². The number of likely N-dealkylation sites (tertiary alicyclic amines) is 1. The number of benzene rings is 1. The van der Waals surface area contributed by atoms with Gasteiger partial charge < -0.3 is 10.0 Å². The van der Waals surface area contributed by atoms with E-state index in [0.29, 0.717) is 19.5 Å². The van der Waals surface area contributed by atoms with Crippen molar-refractivity contribution in [3.8, 4) is 0 Å². The van der Waals surface area contributed by atoms with Crippen LogP contribution < -0.4 is 5.32 Å². The lowest BCUT2D eigenvalue weighted by Crippen LogP contribution is -2.47. The van der Waals surface area contributed by atoms with Crippen molar-refractivity contribution >= 4 is 11.9 Å². The van der Waals surface area contributed by atoms with Gasteiger partial charge in [0.2, 0.25) is 5.91 Å². The second-order valence-corrected chi connectivity index (χ2v) is 6.97. The molecule has 1 fully saturated rings. The zero-order valence-electron chi connectivity index (χ0n) is 14.7. The van der Waals surface area contributed by atoms with Gasteiger partial charge in [0.1, 0.15) is 0 Å². The minimum atomic E-state index is -0.871. The van der Waals surface area contributed by atoms with Gasteiger partial charge in [-0.05, 0) is 37.3 Å². The normalized spacial score (nSPS) is 20.3. The first-order chi connectivity index (χ1) is 11.4. The van der Waals surface area contributed by atoms with Crippen molar-refractivity contribution in [1.29, 1.82) is 0 Å². The summed E-state index contributed by atoms with van der Waals surface area (Å²) in [6.07, 6.45) is 4.65. The standard InChI is InChI=1S/C19H28N2O3/c1-3-4-5-15-6-8-16(9-7-15)12-17(22)21-11-10-19(2,14-21)20-13-18(23)24/h6-9,20H,3-5,10-14H2,1-2H3,(H,23,24)/t19-/m0/s1. The largest absolute Gasteiger partial charge is 0.480 e. The number of carbonyl (C=O) groups is 2. The molecule has 5 nitrogen and oxygen atoms in total. The predicted molar refractivity (Wildman–Crippen MR) is 94.0 cm³/mol. The van der Waals surface area contributed by atoms with Crippen LogP contribution in [0.2, 0.25) is 0 Å². The number of hydrogen-bond donors (Lipinski definition) is 2. The Kier molecular flexibility index (Phi) is 6.37. The summed E-state index contributed by atoms with van der Waals surface area (Å²) in [5.74, 6) is -0.763. The maximum Gasteiger partial charge on any atom is 0.317 e. The summed E-state index contributed by atoms with van der Waals surface area (Å²) in [7, 11) is 0. The number of amides is 1. The molecule has 0 radical (unpaired) electrons. The average molecular weight is 332 g/mol. The van der Waals surface area contributed by atoms with E-state index in [4.69, 9.17) is 5.11 Å². The van der Waals surface area contributed by atoms with Crippen molar-refractivity contribution in [2.24, 2.45) is 0 Å². The number of aliphatic carboxylic acids is 1. The molecule has 0 spiro atoms. The third-order valence-electron chi connectivity index (χ3n) is 4.69. The molecule has 24 heavy (non-hydrogen) atoms. The van der Waals surface area contributed by atoms with Gasteiger partial charge >= 0.3 is 5.97 Å². The minimum absolute atomic E-state index is 0.0717. The van der Waals surface area contributed by atoms with Crippen LogP contribution in [0, 0.1) is 0 Å².